The van der Waals surface area contributed by atoms with Crippen molar-refractivity contribution in [3.05, 3.63) is 0 Å². The summed E-state index contributed by atoms with van der Waals surface area (Å²) in [6.07, 6.45) is 6.85. The Hall–Kier alpha value is 0.310. The van der Waals surface area contributed by atoms with Crippen LogP contribution in [0.5, 0.6) is 0 Å². The molecular formula is C10H18OS. The van der Waals surface area contributed by atoms with E-state index in [4.69, 9.17) is 4.74 Å². The van der Waals surface area contributed by atoms with E-state index in [0.717, 1.165) is 24.9 Å². The van der Waals surface area contributed by atoms with Crippen LogP contribution in [0.1, 0.15) is 32.1 Å². The van der Waals surface area contributed by atoms with E-state index in [9.17, 15) is 0 Å². The van der Waals surface area contributed by atoms with Crippen LogP contribution in [0, 0.1) is 11.3 Å². The molecule has 0 N–H and O–H groups in total. The minimum absolute atomic E-state index is 0.493. The highest BCUT2D eigenvalue weighted by Gasteiger charge is 2.41. The van der Waals surface area contributed by atoms with Crippen LogP contribution in [0.15, 0.2) is 0 Å². The summed E-state index contributed by atoms with van der Waals surface area (Å²) in [5.41, 5.74) is 0.493. The predicted molar refractivity (Wildman–Crippen MR) is 53.7 cm³/mol. The molecule has 0 heterocycles. The summed E-state index contributed by atoms with van der Waals surface area (Å²) in [6.45, 7) is 1.95. The van der Waals surface area contributed by atoms with Gasteiger partial charge >= 0.3 is 0 Å². The van der Waals surface area contributed by atoms with Crippen LogP contribution in [0.4, 0.5) is 0 Å². The molecule has 0 radical (unpaired) electrons. The number of hydrogen-bond donors (Lipinski definition) is 1. The van der Waals surface area contributed by atoms with E-state index in [0.29, 0.717) is 5.41 Å². The third-order valence-electron chi connectivity index (χ3n) is 3.07. The fourth-order valence-corrected chi connectivity index (χ4v) is 1.88. The highest BCUT2D eigenvalue weighted by Crippen LogP contribution is 2.46. The van der Waals surface area contributed by atoms with Gasteiger partial charge < -0.3 is 4.74 Å². The van der Waals surface area contributed by atoms with Crippen molar-refractivity contribution in [2.24, 2.45) is 11.3 Å². The van der Waals surface area contributed by atoms with Crippen molar-refractivity contribution in [3.63, 3.8) is 0 Å². The van der Waals surface area contributed by atoms with Crippen LogP contribution in [-0.4, -0.2) is 19.0 Å². The topological polar surface area (TPSA) is 9.23 Å². The summed E-state index contributed by atoms with van der Waals surface area (Å²) < 4.78 is 5.65. The van der Waals surface area contributed by atoms with Crippen LogP contribution in [0.3, 0.4) is 0 Å². The normalized spacial score (nSPS) is 25.8. The lowest BCUT2D eigenvalue weighted by Crippen LogP contribution is -2.12. The number of hydrogen-bond acceptors (Lipinski definition) is 2. The summed E-state index contributed by atoms with van der Waals surface area (Å²) in [5, 5.41) is 0. The van der Waals surface area contributed by atoms with E-state index in [1.807, 2.05) is 0 Å². The van der Waals surface area contributed by atoms with Crippen LogP contribution in [-0.2, 0) is 4.74 Å². The Bertz CT molecular complexity index is 150. The lowest BCUT2D eigenvalue weighted by atomic mass is 10.2. The molecule has 0 amide bonds. The van der Waals surface area contributed by atoms with Crippen molar-refractivity contribution < 1.29 is 4.74 Å². The lowest BCUT2D eigenvalue weighted by Gasteiger charge is -2.11. The van der Waals surface area contributed by atoms with Gasteiger partial charge in [0.15, 0.2) is 0 Å². The van der Waals surface area contributed by atoms with Gasteiger partial charge in [0.05, 0.1) is 6.61 Å². The summed E-state index contributed by atoms with van der Waals surface area (Å²) in [5.74, 6) is 2.02. The average molecular weight is 186 g/mol. The zero-order valence-electron chi connectivity index (χ0n) is 7.59. The number of thiol groups is 1. The molecule has 0 saturated heterocycles. The van der Waals surface area contributed by atoms with Crippen molar-refractivity contribution in [1.82, 2.24) is 0 Å². The van der Waals surface area contributed by atoms with E-state index in [1.54, 1.807) is 0 Å². The third-order valence-corrected chi connectivity index (χ3v) is 3.74. The maximum atomic E-state index is 5.65. The van der Waals surface area contributed by atoms with Gasteiger partial charge in [-0.05, 0) is 30.9 Å². The van der Waals surface area contributed by atoms with E-state index in [-0.39, 0.29) is 0 Å². The average Bonchev–Trinajstić information content (AvgIpc) is 2.96. The van der Waals surface area contributed by atoms with Crippen molar-refractivity contribution in [2.45, 2.75) is 32.1 Å². The molecule has 0 atom stereocenters. The first-order valence-electron chi connectivity index (χ1n) is 5.03. The summed E-state index contributed by atoms with van der Waals surface area (Å²) in [6, 6.07) is 0. The molecule has 2 rings (SSSR count). The molecule has 2 saturated carbocycles. The molecule has 1 nitrogen and oxygen atoms in total. The van der Waals surface area contributed by atoms with E-state index in [1.165, 1.54) is 32.1 Å². The first-order chi connectivity index (χ1) is 5.85. The second-order valence-electron chi connectivity index (χ2n) is 4.44. The Balaban J connectivity index is 1.50. The van der Waals surface area contributed by atoms with Gasteiger partial charge in [0.25, 0.3) is 0 Å². The molecule has 0 aromatic heterocycles. The summed E-state index contributed by atoms with van der Waals surface area (Å²) >= 11 is 4.34. The minimum atomic E-state index is 0.493. The summed E-state index contributed by atoms with van der Waals surface area (Å²) in [7, 11) is 0. The van der Waals surface area contributed by atoms with Gasteiger partial charge in [-0.3, -0.25) is 0 Å². The number of ether oxygens (including phenoxy) is 1. The van der Waals surface area contributed by atoms with E-state index < -0.39 is 0 Å². The fraction of sp³-hybridized carbons (Fsp3) is 1.00. The van der Waals surface area contributed by atoms with Gasteiger partial charge in [-0.1, -0.05) is 12.8 Å². The van der Waals surface area contributed by atoms with Crippen molar-refractivity contribution in [2.75, 3.05) is 19.0 Å². The minimum Gasteiger partial charge on any atom is -0.381 e. The molecule has 2 heteroatoms. The predicted octanol–water partition coefficient (Wildman–Crippen LogP) is 2.51. The summed E-state index contributed by atoms with van der Waals surface area (Å²) in [4.78, 5) is 0. The van der Waals surface area contributed by atoms with Gasteiger partial charge in [-0.15, -0.1) is 0 Å². The Kier molecular flexibility index (Phi) is 2.66. The highest BCUT2D eigenvalue weighted by atomic mass is 32.1. The monoisotopic (exact) mass is 186 g/mol. The molecule has 2 aliphatic rings. The molecule has 70 valence electrons. The first-order valence-corrected chi connectivity index (χ1v) is 5.66. The zero-order valence-corrected chi connectivity index (χ0v) is 8.48. The van der Waals surface area contributed by atoms with Crippen LogP contribution in [0.2, 0.25) is 0 Å². The molecule has 0 aromatic carbocycles. The van der Waals surface area contributed by atoms with Gasteiger partial charge in [0.2, 0.25) is 0 Å². The quantitative estimate of drug-likeness (QED) is 0.495. The maximum Gasteiger partial charge on any atom is 0.0530 e. The van der Waals surface area contributed by atoms with Crippen molar-refractivity contribution >= 4 is 12.6 Å². The second kappa shape index (κ2) is 3.59. The van der Waals surface area contributed by atoms with Gasteiger partial charge in [-0.25, -0.2) is 0 Å². The maximum absolute atomic E-state index is 5.65. The molecular weight excluding hydrogens is 168 g/mol. The molecule has 0 aromatic rings. The Morgan fingerprint density at radius 3 is 2.58 bits per heavy atom. The second-order valence-corrected chi connectivity index (χ2v) is 4.76. The molecule has 12 heavy (non-hydrogen) atoms. The van der Waals surface area contributed by atoms with Crippen LogP contribution < -0.4 is 0 Å². The van der Waals surface area contributed by atoms with Crippen LogP contribution >= 0.6 is 12.6 Å². The number of rotatable bonds is 6. The molecule has 0 unspecified atom stereocenters. The Labute approximate surface area is 80.3 Å². The zero-order chi connectivity index (χ0) is 8.44. The standard InChI is InChI=1S/C10H18OS/c12-8-10(4-5-10)7-11-6-3-9-1-2-9/h9,12H,1-8H2. The smallest absolute Gasteiger partial charge is 0.0530 e. The van der Waals surface area contributed by atoms with Gasteiger partial charge in [0, 0.05) is 12.0 Å². The SMILES string of the molecule is SCC1(COCCC2CC2)CC1. The van der Waals surface area contributed by atoms with Crippen molar-refractivity contribution in [3.8, 4) is 0 Å². The molecule has 0 aliphatic heterocycles. The van der Waals surface area contributed by atoms with E-state index >= 15 is 0 Å². The highest BCUT2D eigenvalue weighted by molar-refractivity contribution is 7.80. The lowest BCUT2D eigenvalue weighted by molar-refractivity contribution is 0.0935. The molecule has 0 bridgehead atoms. The molecule has 2 aliphatic carbocycles. The van der Waals surface area contributed by atoms with E-state index in [2.05, 4.69) is 12.6 Å². The Morgan fingerprint density at radius 1 is 1.33 bits per heavy atom. The van der Waals surface area contributed by atoms with Crippen LogP contribution in [0.25, 0.3) is 0 Å². The fourth-order valence-electron chi connectivity index (χ4n) is 1.47. The third kappa shape index (κ3) is 2.40. The largest absolute Gasteiger partial charge is 0.381 e. The molecule has 0 spiro atoms. The first kappa shape index (κ1) is 8.89. The Morgan fingerprint density at radius 2 is 2.08 bits per heavy atom. The van der Waals surface area contributed by atoms with Crippen molar-refractivity contribution in [1.29, 1.82) is 0 Å². The van der Waals surface area contributed by atoms with Gasteiger partial charge in [0.1, 0.15) is 0 Å². The van der Waals surface area contributed by atoms with Gasteiger partial charge in [-0.2, -0.15) is 12.6 Å². The molecule has 2 fully saturated rings.